The number of hydrogen-bond donors (Lipinski definition) is 3. The van der Waals surface area contributed by atoms with Gasteiger partial charge in [-0.15, -0.1) is 0 Å². The molecule has 0 rings (SSSR count). The zero-order valence-electron chi connectivity index (χ0n) is 22.1. The van der Waals surface area contributed by atoms with Crippen molar-refractivity contribution in [3.63, 3.8) is 0 Å². The van der Waals surface area contributed by atoms with Crippen LogP contribution in [0.25, 0.3) is 0 Å². The molecule has 0 aromatic rings. The molecule has 0 spiro atoms. The molecule has 2 atom stereocenters. The summed E-state index contributed by atoms with van der Waals surface area (Å²) in [5.74, 6) is -0.684. The fourth-order valence-electron chi connectivity index (χ4n) is 4.61. The third-order valence-corrected chi connectivity index (χ3v) is 6.90. The molecule has 4 nitrogen and oxygen atoms in total. The largest absolute Gasteiger partial charge is 0.481 e. The van der Waals surface area contributed by atoms with E-state index in [1.807, 2.05) is 0 Å². The maximum absolute atomic E-state index is 10.4. The van der Waals surface area contributed by atoms with Gasteiger partial charge in [-0.3, -0.25) is 4.79 Å². The molecule has 198 valence electrons. The Morgan fingerprint density at radius 2 is 0.788 bits per heavy atom. The van der Waals surface area contributed by atoms with E-state index >= 15 is 0 Å². The lowest BCUT2D eigenvalue weighted by atomic mass is 9.99. The SMILES string of the molecule is CCCCCCCCCCCCCC(O)CCC(O)CCCCCCCCCCCC(=O)O. The Hall–Kier alpha value is -0.610. The maximum Gasteiger partial charge on any atom is 0.303 e. The molecule has 0 fully saturated rings. The smallest absolute Gasteiger partial charge is 0.303 e. The van der Waals surface area contributed by atoms with Crippen molar-refractivity contribution in [2.75, 3.05) is 0 Å². The summed E-state index contributed by atoms with van der Waals surface area (Å²) in [4.78, 5) is 10.4. The Morgan fingerprint density at radius 1 is 0.485 bits per heavy atom. The number of carbonyl (C=O) groups is 1. The van der Waals surface area contributed by atoms with Crippen molar-refractivity contribution in [2.45, 2.75) is 180 Å². The summed E-state index contributed by atoms with van der Waals surface area (Å²) in [5, 5.41) is 28.9. The first-order valence-corrected chi connectivity index (χ1v) is 14.6. The minimum absolute atomic E-state index is 0.242. The van der Waals surface area contributed by atoms with Crippen LogP contribution in [0.5, 0.6) is 0 Å². The Labute approximate surface area is 206 Å². The monoisotopic (exact) mass is 470 g/mol. The van der Waals surface area contributed by atoms with Crippen LogP contribution in [0.15, 0.2) is 0 Å². The number of rotatable bonds is 27. The van der Waals surface area contributed by atoms with Crippen molar-refractivity contribution in [3.05, 3.63) is 0 Å². The summed E-state index contributed by atoms with van der Waals surface area (Å²) in [7, 11) is 0. The molecule has 0 aliphatic carbocycles. The molecular formula is C29H58O4. The van der Waals surface area contributed by atoms with Gasteiger partial charge in [0.2, 0.25) is 0 Å². The lowest BCUT2D eigenvalue weighted by Crippen LogP contribution is -2.13. The Balaban J connectivity index is 3.30. The number of aliphatic carboxylic acids is 1. The van der Waals surface area contributed by atoms with E-state index < -0.39 is 5.97 Å². The predicted octanol–water partition coefficient (Wildman–Crippen LogP) is 8.57. The first-order valence-electron chi connectivity index (χ1n) is 14.6. The van der Waals surface area contributed by atoms with Crippen LogP contribution in [0.4, 0.5) is 0 Å². The second kappa shape index (κ2) is 26.0. The molecule has 33 heavy (non-hydrogen) atoms. The van der Waals surface area contributed by atoms with E-state index in [-0.39, 0.29) is 12.2 Å². The molecule has 3 N–H and O–H groups in total. The molecule has 0 bridgehead atoms. The second-order valence-electron chi connectivity index (χ2n) is 10.3. The fraction of sp³-hybridized carbons (Fsp3) is 0.966. The van der Waals surface area contributed by atoms with Crippen molar-refractivity contribution >= 4 is 5.97 Å². The summed E-state index contributed by atoms with van der Waals surface area (Å²) in [6, 6.07) is 0. The zero-order chi connectivity index (χ0) is 24.4. The van der Waals surface area contributed by atoms with Crippen LogP contribution in [0.3, 0.4) is 0 Å². The van der Waals surface area contributed by atoms with Crippen molar-refractivity contribution in [3.8, 4) is 0 Å². The molecule has 2 unspecified atom stereocenters. The van der Waals surface area contributed by atoms with Gasteiger partial charge in [-0.25, -0.2) is 0 Å². The van der Waals surface area contributed by atoms with Crippen LogP contribution in [0.2, 0.25) is 0 Å². The van der Waals surface area contributed by atoms with E-state index in [1.165, 1.54) is 96.3 Å². The summed E-state index contributed by atoms with van der Waals surface area (Å²) in [6.45, 7) is 2.27. The number of aliphatic hydroxyl groups is 2. The molecule has 0 aliphatic rings. The summed E-state index contributed by atoms with van der Waals surface area (Å²) < 4.78 is 0. The number of hydrogen-bond acceptors (Lipinski definition) is 3. The molecule has 0 saturated carbocycles. The highest BCUT2D eigenvalue weighted by Crippen LogP contribution is 2.17. The number of unbranched alkanes of at least 4 members (excludes halogenated alkanes) is 18. The van der Waals surface area contributed by atoms with Crippen molar-refractivity contribution in [1.29, 1.82) is 0 Å². The van der Waals surface area contributed by atoms with Gasteiger partial charge >= 0.3 is 5.97 Å². The minimum Gasteiger partial charge on any atom is -0.481 e. The Bertz CT molecular complexity index is 399. The van der Waals surface area contributed by atoms with Crippen molar-refractivity contribution in [2.24, 2.45) is 0 Å². The van der Waals surface area contributed by atoms with Gasteiger partial charge in [-0.05, 0) is 32.1 Å². The van der Waals surface area contributed by atoms with Crippen molar-refractivity contribution in [1.82, 2.24) is 0 Å². The highest BCUT2D eigenvalue weighted by Gasteiger charge is 2.09. The van der Waals surface area contributed by atoms with Gasteiger partial charge in [-0.1, -0.05) is 129 Å². The van der Waals surface area contributed by atoms with Crippen LogP contribution in [-0.2, 0) is 4.79 Å². The van der Waals surface area contributed by atoms with Crippen LogP contribution in [-0.4, -0.2) is 33.5 Å². The number of aliphatic hydroxyl groups excluding tert-OH is 2. The van der Waals surface area contributed by atoms with Gasteiger partial charge in [-0.2, -0.15) is 0 Å². The third kappa shape index (κ3) is 27.5. The van der Waals surface area contributed by atoms with Gasteiger partial charge in [0, 0.05) is 6.42 Å². The van der Waals surface area contributed by atoms with E-state index in [1.54, 1.807) is 0 Å². The molecule has 0 amide bonds. The minimum atomic E-state index is -0.684. The highest BCUT2D eigenvalue weighted by molar-refractivity contribution is 5.66. The lowest BCUT2D eigenvalue weighted by Gasteiger charge is -2.14. The molecular weight excluding hydrogens is 412 g/mol. The van der Waals surface area contributed by atoms with Gasteiger partial charge in [0.25, 0.3) is 0 Å². The normalized spacial score (nSPS) is 13.3. The van der Waals surface area contributed by atoms with Crippen molar-refractivity contribution < 1.29 is 20.1 Å². The molecule has 0 aromatic carbocycles. The van der Waals surface area contributed by atoms with Gasteiger partial charge in [0.15, 0.2) is 0 Å². The number of carboxylic acids is 1. The first kappa shape index (κ1) is 32.4. The maximum atomic E-state index is 10.4. The second-order valence-corrected chi connectivity index (χ2v) is 10.3. The molecule has 0 aromatic heterocycles. The van der Waals surface area contributed by atoms with E-state index in [4.69, 9.17) is 5.11 Å². The Morgan fingerprint density at radius 3 is 1.12 bits per heavy atom. The molecule has 4 heteroatoms. The number of carboxylic acid groups (broad SMARTS) is 1. The third-order valence-electron chi connectivity index (χ3n) is 6.90. The fourth-order valence-corrected chi connectivity index (χ4v) is 4.61. The van der Waals surface area contributed by atoms with Crippen LogP contribution >= 0.6 is 0 Å². The quantitative estimate of drug-likeness (QED) is 0.105. The van der Waals surface area contributed by atoms with Crippen LogP contribution < -0.4 is 0 Å². The zero-order valence-corrected chi connectivity index (χ0v) is 22.1. The van der Waals surface area contributed by atoms with E-state index in [9.17, 15) is 15.0 Å². The highest BCUT2D eigenvalue weighted by atomic mass is 16.4. The lowest BCUT2D eigenvalue weighted by molar-refractivity contribution is -0.137. The standard InChI is InChI=1S/C29H58O4/c1-2-3-4-5-6-7-8-10-13-16-19-22-27(30)25-26-28(31)23-20-17-14-11-9-12-15-18-21-24-29(32)33/h27-28,30-31H,2-26H2,1H3,(H,32,33). The first-order chi connectivity index (χ1) is 16.1. The topological polar surface area (TPSA) is 77.8 Å². The molecule has 0 heterocycles. The summed E-state index contributed by atoms with van der Waals surface area (Å²) >= 11 is 0. The predicted molar refractivity (Wildman–Crippen MR) is 141 cm³/mol. The molecule has 0 aliphatic heterocycles. The van der Waals surface area contributed by atoms with Gasteiger partial charge in [0.05, 0.1) is 12.2 Å². The van der Waals surface area contributed by atoms with Crippen LogP contribution in [0, 0.1) is 0 Å². The summed E-state index contributed by atoms with van der Waals surface area (Å²) in [6.07, 6.45) is 27.9. The van der Waals surface area contributed by atoms with E-state index in [2.05, 4.69) is 6.92 Å². The average molecular weight is 471 g/mol. The summed E-state index contributed by atoms with van der Waals surface area (Å²) in [5.41, 5.74) is 0. The molecule has 0 saturated heterocycles. The molecule has 0 radical (unpaired) electrons. The van der Waals surface area contributed by atoms with Gasteiger partial charge in [0.1, 0.15) is 0 Å². The van der Waals surface area contributed by atoms with E-state index in [0.717, 1.165) is 57.8 Å². The van der Waals surface area contributed by atoms with Gasteiger partial charge < -0.3 is 15.3 Å². The average Bonchev–Trinajstić information content (AvgIpc) is 2.79. The van der Waals surface area contributed by atoms with E-state index in [0.29, 0.717) is 6.42 Å². The van der Waals surface area contributed by atoms with Crippen LogP contribution in [0.1, 0.15) is 167 Å². The Kier molecular flexibility index (Phi) is 25.5.